The van der Waals surface area contributed by atoms with E-state index < -0.39 is 0 Å². The Kier molecular flexibility index (Phi) is 14.7. The van der Waals surface area contributed by atoms with E-state index in [2.05, 4.69) is 11.9 Å². The third kappa shape index (κ3) is 11.9. The maximum Gasteiger partial charge on any atom is 0.220 e. The monoisotopic (exact) mass is 172 g/mol. The zero-order chi connectivity index (χ0) is 9.82. The second-order valence-electron chi connectivity index (χ2n) is 1.97. The molecule has 3 nitrogen and oxygen atoms in total. The highest BCUT2D eigenvalue weighted by atomic mass is 16.1. The van der Waals surface area contributed by atoms with Crippen molar-refractivity contribution in [3.63, 3.8) is 0 Å². The maximum atomic E-state index is 10.7. The van der Waals surface area contributed by atoms with Crippen molar-refractivity contribution in [2.24, 2.45) is 5.73 Å². The van der Waals surface area contributed by atoms with Gasteiger partial charge < -0.3 is 11.1 Å². The summed E-state index contributed by atoms with van der Waals surface area (Å²) in [4.78, 5) is 10.7. The number of hydrogen-bond donors (Lipinski definition) is 2. The Morgan fingerprint density at radius 1 is 1.58 bits per heavy atom. The molecule has 0 radical (unpaired) electrons. The molecule has 0 bridgehead atoms. The van der Waals surface area contributed by atoms with Gasteiger partial charge in [-0.1, -0.05) is 19.9 Å². The lowest BCUT2D eigenvalue weighted by Gasteiger charge is -1.99. The zero-order valence-corrected chi connectivity index (χ0v) is 8.10. The Balaban J connectivity index is 0. The van der Waals surface area contributed by atoms with Gasteiger partial charge in [0.1, 0.15) is 0 Å². The van der Waals surface area contributed by atoms with Gasteiger partial charge in [-0.25, -0.2) is 0 Å². The Morgan fingerprint density at radius 2 is 2.17 bits per heavy atom. The molecule has 0 saturated carbocycles. The van der Waals surface area contributed by atoms with Gasteiger partial charge in [-0.3, -0.25) is 4.79 Å². The Morgan fingerprint density at radius 3 is 2.58 bits per heavy atom. The number of amides is 1. The summed E-state index contributed by atoms with van der Waals surface area (Å²) in [5.74, 6) is 0.0466. The molecule has 0 atom stereocenters. The van der Waals surface area contributed by atoms with Crippen LogP contribution in [0.2, 0.25) is 0 Å². The van der Waals surface area contributed by atoms with Crippen LogP contribution in [0.25, 0.3) is 0 Å². The van der Waals surface area contributed by atoms with Crippen molar-refractivity contribution in [1.29, 1.82) is 0 Å². The average Bonchev–Trinajstić information content (AvgIpc) is 2.14. The van der Waals surface area contributed by atoms with Crippen LogP contribution in [-0.4, -0.2) is 19.0 Å². The van der Waals surface area contributed by atoms with Crippen LogP contribution in [0, 0.1) is 0 Å². The fraction of sp³-hybridized carbons (Fsp3) is 0.667. The van der Waals surface area contributed by atoms with E-state index in [4.69, 9.17) is 5.73 Å². The van der Waals surface area contributed by atoms with Gasteiger partial charge >= 0.3 is 0 Å². The van der Waals surface area contributed by atoms with E-state index >= 15 is 0 Å². The molecule has 72 valence electrons. The average molecular weight is 172 g/mol. The highest BCUT2D eigenvalue weighted by Crippen LogP contribution is 1.87. The molecule has 0 aliphatic carbocycles. The highest BCUT2D eigenvalue weighted by molar-refractivity contribution is 5.75. The van der Waals surface area contributed by atoms with Crippen LogP contribution in [0.15, 0.2) is 12.7 Å². The van der Waals surface area contributed by atoms with Gasteiger partial charge in [0, 0.05) is 19.5 Å². The van der Waals surface area contributed by atoms with Gasteiger partial charge in [-0.15, -0.1) is 6.58 Å². The fourth-order valence-corrected chi connectivity index (χ4v) is 0.533. The number of nitrogens with one attached hydrogen (secondary N) is 1. The minimum atomic E-state index is 0.0466. The van der Waals surface area contributed by atoms with Crippen LogP contribution < -0.4 is 11.1 Å². The van der Waals surface area contributed by atoms with Gasteiger partial charge in [0.05, 0.1) is 0 Å². The Hall–Kier alpha value is -0.830. The molecule has 0 saturated heterocycles. The molecule has 0 aromatic carbocycles. The van der Waals surface area contributed by atoms with Crippen LogP contribution in [0.3, 0.4) is 0 Å². The summed E-state index contributed by atoms with van der Waals surface area (Å²) >= 11 is 0. The van der Waals surface area contributed by atoms with Crippen LogP contribution in [-0.2, 0) is 4.79 Å². The molecule has 0 aromatic rings. The third-order valence-corrected chi connectivity index (χ3v) is 1.04. The molecule has 0 aromatic heterocycles. The number of hydrogen-bond acceptors (Lipinski definition) is 2. The van der Waals surface area contributed by atoms with Crippen molar-refractivity contribution in [3.05, 3.63) is 12.7 Å². The minimum absolute atomic E-state index is 0.0466. The molecule has 3 N–H and O–H groups in total. The summed E-state index contributed by atoms with van der Waals surface area (Å²) < 4.78 is 0. The van der Waals surface area contributed by atoms with Crippen LogP contribution >= 0.6 is 0 Å². The summed E-state index contributed by atoms with van der Waals surface area (Å²) in [6, 6.07) is 0. The van der Waals surface area contributed by atoms with Gasteiger partial charge in [0.15, 0.2) is 0 Å². The molecular formula is C9H20N2O. The fourth-order valence-electron chi connectivity index (χ4n) is 0.533. The molecule has 0 spiro atoms. The van der Waals surface area contributed by atoms with Crippen molar-refractivity contribution in [1.82, 2.24) is 5.32 Å². The number of carbonyl (C=O) groups excluding carboxylic acids is 1. The smallest absolute Gasteiger partial charge is 0.220 e. The number of allylic oxidation sites excluding steroid dienone is 1. The number of carbonyl (C=O) groups is 1. The second-order valence-corrected chi connectivity index (χ2v) is 1.97. The van der Waals surface area contributed by atoms with Gasteiger partial charge in [0.25, 0.3) is 0 Å². The molecule has 0 rings (SSSR count). The zero-order valence-electron chi connectivity index (χ0n) is 8.10. The summed E-state index contributed by atoms with van der Waals surface area (Å²) in [5, 5.41) is 2.66. The first-order valence-corrected chi connectivity index (χ1v) is 4.39. The summed E-state index contributed by atoms with van der Waals surface area (Å²) in [7, 11) is 0. The van der Waals surface area contributed by atoms with Crippen molar-refractivity contribution in [2.75, 3.05) is 13.1 Å². The molecule has 0 heterocycles. The molecule has 0 aliphatic heterocycles. The summed E-state index contributed by atoms with van der Waals surface area (Å²) in [6.45, 7) is 8.57. The predicted molar refractivity (Wildman–Crippen MR) is 52.8 cm³/mol. The highest BCUT2D eigenvalue weighted by Gasteiger charge is 1.95. The third-order valence-electron chi connectivity index (χ3n) is 1.04. The standard InChI is InChI=1S/C7H14N2O.C2H6/c1-2-3-4-7(10)9-6-5-8;1-2/h2H,1,3-6,8H2,(H,9,10);1-2H3. The second kappa shape index (κ2) is 12.8. The van der Waals surface area contributed by atoms with Crippen LogP contribution in [0.4, 0.5) is 0 Å². The SMILES string of the molecule is C=CCCC(=O)NCCN.CC. The Labute approximate surface area is 75.0 Å². The van der Waals surface area contributed by atoms with Gasteiger partial charge in [-0.2, -0.15) is 0 Å². The van der Waals surface area contributed by atoms with E-state index in [9.17, 15) is 4.79 Å². The van der Waals surface area contributed by atoms with E-state index in [1.54, 1.807) is 6.08 Å². The first kappa shape index (κ1) is 13.7. The molecule has 0 fully saturated rings. The van der Waals surface area contributed by atoms with E-state index in [-0.39, 0.29) is 5.91 Å². The number of nitrogens with two attached hydrogens (primary N) is 1. The van der Waals surface area contributed by atoms with E-state index in [0.717, 1.165) is 6.42 Å². The summed E-state index contributed by atoms with van der Waals surface area (Å²) in [5.41, 5.74) is 5.17. The quantitative estimate of drug-likeness (QED) is 0.609. The van der Waals surface area contributed by atoms with Crippen molar-refractivity contribution < 1.29 is 4.79 Å². The molecule has 3 heteroatoms. The molecular weight excluding hydrogens is 152 g/mol. The van der Waals surface area contributed by atoms with E-state index in [1.165, 1.54) is 0 Å². The van der Waals surface area contributed by atoms with Crippen molar-refractivity contribution in [3.8, 4) is 0 Å². The molecule has 0 aliphatic rings. The van der Waals surface area contributed by atoms with E-state index in [0.29, 0.717) is 19.5 Å². The van der Waals surface area contributed by atoms with E-state index in [1.807, 2.05) is 13.8 Å². The largest absolute Gasteiger partial charge is 0.355 e. The number of rotatable bonds is 5. The lowest BCUT2D eigenvalue weighted by Crippen LogP contribution is -2.28. The first-order valence-electron chi connectivity index (χ1n) is 4.39. The molecule has 0 unspecified atom stereocenters. The normalized spacial score (nSPS) is 7.92. The van der Waals surface area contributed by atoms with Gasteiger partial charge in [0.2, 0.25) is 5.91 Å². The maximum absolute atomic E-state index is 10.7. The van der Waals surface area contributed by atoms with Crippen molar-refractivity contribution in [2.45, 2.75) is 26.7 Å². The first-order chi connectivity index (χ1) is 5.81. The topological polar surface area (TPSA) is 55.1 Å². The van der Waals surface area contributed by atoms with Crippen LogP contribution in [0.1, 0.15) is 26.7 Å². The lowest BCUT2D eigenvalue weighted by atomic mass is 10.3. The van der Waals surface area contributed by atoms with Crippen molar-refractivity contribution >= 4 is 5.91 Å². The van der Waals surface area contributed by atoms with Gasteiger partial charge in [-0.05, 0) is 6.42 Å². The van der Waals surface area contributed by atoms with Crippen LogP contribution in [0.5, 0.6) is 0 Å². The minimum Gasteiger partial charge on any atom is -0.355 e. The Bertz CT molecular complexity index is 113. The molecule has 12 heavy (non-hydrogen) atoms. The summed E-state index contributed by atoms with van der Waals surface area (Å²) in [6.07, 6.45) is 2.97. The predicted octanol–water partition coefficient (Wildman–Crippen LogP) is 1.05. The molecule has 1 amide bonds. The lowest BCUT2D eigenvalue weighted by molar-refractivity contribution is -0.120.